The number of hydrogen-bond acceptors (Lipinski definition) is 5. The van der Waals surface area contributed by atoms with Crippen molar-refractivity contribution in [1.82, 2.24) is 10.2 Å². The SMILES string of the molecule is CN(Cc1ccc([N+](=O)[O-])s1)C1CC2CCC(C1)N2. The standard InChI is InChI=1S/C13H19N3O2S/c1-15(8-12-4-5-13(19-12)16(17)18)11-6-9-2-3-10(7-11)14-9/h4-5,9-11,14H,2-3,6-8H2,1H3. The summed E-state index contributed by atoms with van der Waals surface area (Å²) < 4.78 is 0. The zero-order valence-electron chi connectivity index (χ0n) is 11.0. The molecule has 2 aliphatic rings. The van der Waals surface area contributed by atoms with Gasteiger partial charge < -0.3 is 5.32 Å². The first kappa shape index (κ1) is 13.0. The van der Waals surface area contributed by atoms with Crippen LogP contribution in [0.15, 0.2) is 12.1 Å². The van der Waals surface area contributed by atoms with Gasteiger partial charge in [-0.1, -0.05) is 11.3 Å². The Morgan fingerprint density at radius 1 is 1.42 bits per heavy atom. The normalized spacial score (nSPS) is 29.9. The number of rotatable bonds is 4. The van der Waals surface area contributed by atoms with Crippen LogP contribution >= 0.6 is 11.3 Å². The van der Waals surface area contributed by atoms with Crippen molar-refractivity contribution in [3.63, 3.8) is 0 Å². The van der Waals surface area contributed by atoms with Crippen molar-refractivity contribution in [2.75, 3.05) is 7.05 Å². The number of piperidine rings is 1. The zero-order valence-corrected chi connectivity index (χ0v) is 11.9. The van der Waals surface area contributed by atoms with Crippen LogP contribution in [-0.4, -0.2) is 35.0 Å². The molecule has 0 amide bonds. The van der Waals surface area contributed by atoms with Gasteiger partial charge >= 0.3 is 5.00 Å². The molecule has 104 valence electrons. The highest BCUT2D eigenvalue weighted by atomic mass is 32.1. The van der Waals surface area contributed by atoms with Crippen LogP contribution in [0.1, 0.15) is 30.6 Å². The van der Waals surface area contributed by atoms with Crippen LogP contribution in [0.4, 0.5) is 5.00 Å². The molecule has 2 unspecified atom stereocenters. The predicted molar refractivity (Wildman–Crippen MR) is 75.4 cm³/mol. The average molecular weight is 281 g/mol. The van der Waals surface area contributed by atoms with Gasteiger partial charge in [0, 0.05) is 35.6 Å². The Hall–Kier alpha value is -0.980. The lowest BCUT2D eigenvalue weighted by Gasteiger charge is -2.35. The molecule has 1 aromatic rings. The largest absolute Gasteiger partial charge is 0.324 e. The molecule has 0 aliphatic carbocycles. The molecule has 0 aromatic carbocycles. The number of fused-ring (bicyclic) bond motifs is 2. The fourth-order valence-electron chi connectivity index (χ4n) is 3.31. The minimum atomic E-state index is -0.307. The van der Waals surface area contributed by atoms with Crippen LogP contribution < -0.4 is 5.32 Å². The van der Waals surface area contributed by atoms with E-state index in [1.807, 2.05) is 6.07 Å². The Morgan fingerprint density at radius 3 is 2.68 bits per heavy atom. The molecule has 5 nitrogen and oxygen atoms in total. The predicted octanol–water partition coefficient (Wildman–Crippen LogP) is 2.37. The first-order chi connectivity index (χ1) is 9.11. The zero-order chi connectivity index (χ0) is 13.4. The van der Waals surface area contributed by atoms with Gasteiger partial charge in [0.1, 0.15) is 0 Å². The van der Waals surface area contributed by atoms with E-state index in [1.54, 1.807) is 6.07 Å². The topological polar surface area (TPSA) is 58.4 Å². The third-order valence-corrected chi connectivity index (χ3v) is 5.33. The molecule has 0 saturated carbocycles. The quantitative estimate of drug-likeness (QED) is 0.680. The lowest BCUT2D eigenvalue weighted by Crippen LogP contribution is -2.46. The highest BCUT2D eigenvalue weighted by Crippen LogP contribution is 2.31. The number of nitro groups is 1. The molecule has 6 heteroatoms. The summed E-state index contributed by atoms with van der Waals surface area (Å²) in [5, 5.41) is 14.6. The van der Waals surface area contributed by atoms with E-state index in [1.165, 1.54) is 37.0 Å². The van der Waals surface area contributed by atoms with E-state index in [2.05, 4.69) is 17.3 Å². The minimum absolute atomic E-state index is 0.244. The molecule has 0 spiro atoms. The first-order valence-corrected chi connectivity index (χ1v) is 7.63. The highest BCUT2D eigenvalue weighted by molar-refractivity contribution is 7.15. The van der Waals surface area contributed by atoms with Crippen LogP contribution in [0.25, 0.3) is 0 Å². The smallest absolute Gasteiger partial charge is 0.311 e. The van der Waals surface area contributed by atoms with Crippen molar-refractivity contribution in [2.24, 2.45) is 0 Å². The Morgan fingerprint density at radius 2 is 2.11 bits per heavy atom. The fourth-order valence-corrected chi connectivity index (χ4v) is 4.20. The Labute approximate surface area is 116 Å². The van der Waals surface area contributed by atoms with Gasteiger partial charge in [-0.25, -0.2) is 0 Å². The van der Waals surface area contributed by atoms with E-state index >= 15 is 0 Å². The van der Waals surface area contributed by atoms with Gasteiger partial charge in [0.2, 0.25) is 0 Å². The third kappa shape index (κ3) is 2.80. The van der Waals surface area contributed by atoms with E-state index < -0.39 is 0 Å². The summed E-state index contributed by atoms with van der Waals surface area (Å²) in [6.45, 7) is 0.822. The monoisotopic (exact) mass is 281 g/mol. The molecule has 2 atom stereocenters. The molecule has 2 aliphatic heterocycles. The molecule has 19 heavy (non-hydrogen) atoms. The van der Waals surface area contributed by atoms with E-state index in [-0.39, 0.29) is 9.92 Å². The van der Waals surface area contributed by atoms with Gasteiger partial charge in [-0.3, -0.25) is 15.0 Å². The van der Waals surface area contributed by atoms with Gasteiger partial charge in [-0.2, -0.15) is 0 Å². The number of nitrogens with zero attached hydrogens (tertiary/aromatic N) is 2. The van der Waals surface area contributed by atoms with Gasteiger partial charge in [-0.05, 0) is 38.8 Å². The first-order valence-electron chi connectivity index (χ1n) is 6.81. The molecule has 0 radical (unpaired) electrons. The summed E-state index contributed by atoms with van der Waals surface area (Å²) in [5.41, 5.74) is 0. The Balaban J connectivity index is 1.61. The lowest BCUT2D eigenvalue weighted by atomic mass is 9.98. The molecule has 3 heterocycles. The summed E-state index contributed by atoms with van der Waals surface area (Å²) in [6.07, 6.45) is 5.03. The molecule has 2 saturated heterocycles. The molecule has 1 aromatic heterocycles. The van der Waals surface area contributed by atoms with Crippen molar-refractivity contribution in [3.8, 4) is 0 Å². The van der Waals surface area contributed by atoms with Crippen LogP contribution in [0.2, 0.25) is 0 Å². The molecule has 1 N–H and O–H groups in total. The van der Waals surface area contributed by atoms with Crippen molar-refractivity contribution < 1.29 is 4.92 Å². The summed E-state index contributed by atoms with van der Waals surface area (Å²) in [4.78, 5) is 13.8. The van der Waals surface area contributed by atoms with Crippen LogP contribution in [0, 0.1) is 10.1 Å². The second kappa shape index (κ2) is 5.19. The summed E-state index contributed by atoms with van der Waals surface area (Å²) in [5.74, 6) is 0. The number of nitrogens with one attached hydrogen (secondary N) is 1. The number of hydrogen-bond donors (Lipinski definition) is 1. The van der Waals surface area contributed by atoms with Crippen molar-refractivity contribution in [1.29, 1.82) is 0 Å². The van der Waals surface area contributed by atoms with Crippen molar-refractivity contribution in [2.45, 2.75) is 50.4 Å². The summed E-state index contributed by atoms with van der Waals surface area (Å²) in [7, 11) is 2.14. The van der Waals surface area contributed by atoms with Crippen LogP contribution in [0.3, 0.4) is 0 Å². The maximum absolute atomic E-state index is 10.7. The van der Waals surface area contributed by atoms with Gasteiger partial charge in [0.05, 0.1) is 4.92 Å². The number of thiophene rings is 1. The van der Waals surface area contributed by atoms with Crippen molar-refractivity contribution in [3.05, 3.63) is 27.1 Å². The van der Waals surface area contributed by atoms with Crippen LogP contribution in [-0.2, 0) is 6.54 Å². The van der Waals surface area contributed by atoms with Gasteiger partial charge in [-0.15, -0.1) is 0 Å². The molecule has 2 bridgehead atoms. The second-order valence-corrected chi connectivity index (χ2v) is 6.82. The molecular formula is C13H19N3O2S. The van der Waals surface area contributed by atoms with Gasteiger partial charge in [0.15, 0.2) is 0 Å². The average Bonchev–Trinajstić information content (AvgIpc) is 2.96. The second-order valence-electron chi connectivity index (χ2n) is 5.68. The molecule has 3 rings (SSSR count). The maximum atomic E-state index is 10.7. The summed E-state index contributed by atoms with van der Waals surface area (Å²) in [6, 6.07) is 5.47. The van der Waals surface area contributed by atoms with E-state index in [4.69, 9.17) is 0 Å². The third-order valence-electron chi connectivity index (χ3n) is 4.30. The van der Waals surface area contributed by atoms with Gasteiger partial charge in [0.25, 0.3) is 0 Å². The summed E-state index contributed by atoms with van der Waals surface area (Å²) >= 11 is 1.29. The lowest BCUT2D eigenvalue weighted by molar-refractivity contribution is -0.380. The van der Waals surface area contributed by atoms with Crippen molar-refractivity contribution >= 4 is 16.3 Å². The maximum Gasteiger partial charge on any atom is 0.324 e. The van der Waals surface area contributed by atoms with E-state index in [0.717, 1.165) is 11.4 Å². The van der Waals surface area contributed by atoms with E-state index in [9.17, 15) is 10.1 Å². The minimum Gasteiger partial charge on any atom is -0.311 e. The van der Waals surface area contributed by atoms with Crippen LogP contribution in [0.5, 0.6) is 0 Å². The fraction of sp³-hybridized carbons (Fsp3) is 0.692. The highest BCUT2D eigenvalue weighted by Gasteiger charge is 2.35. The van der Waals surface area contributed by atoms with E-state index in [0.29, 0.717) is 18.1 Å². The molecule has 2 fully saturated rings. The molecular weight excluding hydrogens is 262 g/mol. The Kier molecular flexibility index (Phi) is 3.56. The Bertz CT molecular complexity index is 464.